The zero-order valence-electron chi connectivity index (χ0n) is 15.5. The minimum atomic E-state index is -0.312. The van der Waals surface area contributed by atoms with E-state index in [-0.39, 0.29) is 11.8 Å². The van der Waals surface area contributed by atoms with E-state index in [1.54, 1.807) is 24.3 Å². The van der Waals surface area contributed by atoms with Crippen LogP contribution in [0.4, 0.5) is 0 Å². The van der Waals surface area contributed by atoms with Gasteiger partial charge in [-0.25, -0.2) is 4.79 Å². The third kappa shape index (κ3) is 5.46. The van der Waals surface area contributed by atoms with E-state index in [1.165, 1.54) is 0 Å². The van der Waals surface area contributed by atoms with Crippen LogP contribution in [0.2, 0.25) is 0 Å². The van der Waals surface area contributed by atoms with Crippen LogP contribution in [0.5, 0.6) is 0 Å². The number of rotatable bonds is 9. The summed E-state index contributed by atoms with van der Waals surface area (Å²) in [5.74, 6) is 0.542. The zero-order chi connectivity index (χ0) is 18.9. The maximum absolute atomic E-state index is 12.6. The number of thiol groups is 1. The third-order valence-corrected chi connectivity index (χ3v) is 4.64. The zero-order valence-corrected chi connectivity index (χ0v) is 16.4. The highest BCUT2D eigenvalue weighted by Gasteiger charge is 2.17. The summed E-state index contributed by atoms with van der Waals surface area (Å²) in [6.07, 6.45) is 4.10. The van der Waals surface area contributed by atoms with Gasteiger partial charge in [-0.15, -0.1) is 0 Å². The first-order chi connectivity index (χ1) is 12.5. The lowest BCUT2D eigenvalue weighted by Crippen LogP contribution is -2.12. The maximum Gasteiger partial charge on any atom is 0.338 e. The van der Waals surface area contributed by atoms with Crippen LogP contribution in [-0.2, 0) is 4.74 Å². The molecular weight excluding hydrogens is 344 g/mol. The summed E-state index contributed by atoms with van der Waals surface area (Å²) in [7, 11) is 0. The molecule has 0 spiro atoms. The van der Waals surface area contributed by atoms with Crippen LogP contribution in [-0.4, -0.2) is 24.1 Å². The van der Waals surface area contributed by atoms with E-state index < -0.39 is 0 Å². The van der Waals surface area contributed by atoms with Gasteiger partial charge >= 0.3 is 5.97 Å². The first-order valence-electron chi connectivity index (χ1n) is 9.03. The standard InChI is InChI=1S/C22H26O3S/c1-16-14-19(21(23)18-10-6-5-7-11-18)15-17(2)20(16)22(24)25-12-8-3-4-9-13-26/h5-7,10-11,14-15,26H,3-4,8-9,12-13H2,1-2H3. The molecular formula is C22H26O3S. The molecule has 0 aliphatic heterocycles. The van der Waals surface area contributed by atoms with Crippen molar-refractivity contribution in [3.8, 4) is 0 Å². The largest absolute Gasteiger partial charge is 0.462 e. The van der Waals surface area contributed by atoms with Gasteiger partial charge in [0.15, 0.2) is 5.78 Å². The first-order valence-corrected chi connectivity index (χ1v) is 9.67. The molecule has 0 radical (unpaired) electrons. The Hall–Kier alpha value is -2.07. The number of hydrogen-bond donors (Lipinski definition) is 1. The molecule has 0 aliphatic rings. The van der Waals surface area contributed by atoms with Crippen molar-refractivity contribution in [3.63, 3.8) is 0 Å². The van der Waals surface area contributed by atoms with E-state index in [4.69, 9.17) is 4.74 Å². The lowest BCUT2D eigenvalue weighted by atomic mass is 9.95. The predicted octanol–water partition coefficient (Wildman–Crippen LogP) is 5.18. The molecule has 138 valence electrons. The highest BCUT2D eigenvalue weighted by molar-refractivity contribution is 7.80. The quantitative estimate of drug-likeness (QED) is 0.286. The normalized spacial score (nSPS) is 10.6. The van der Waals surface area contributed by atoms with E-state index in [0.717, 1.165) is 42.6 Å². The molecule has 4 heteroatoms. The Kier molecular flexibility index (Phi) is 7.92. The molecule has 0 aliphatic carbocycles. The average molecular weight is 371 g/mol. The Labute approximate surface area is 161 Å². The maximum atomic E-state index is 12.6. The van der Waals surface area contributed by atoms with Gasteiger partial charge in [0.25, 0.3) is 0 Å². The van der Waals surface area contributed by atoms with Crippen molar-refractivity contribution < 1.29 is 14.3 Å². The predicted molar refractivity (Wildman–Crippen MR) is 108 cm³/mol. The first kappa shape index (κ1) is 20.2. The van der Waals surface area contributed by atoms with Crippen LogP contribution in [0.1, 0.15) is 63.1 Å². The second-order valence-electron chi connectivity index (χ2n) is 6.45. The lowest BCUT2D eigenvalue weighted by Gasteiger charge is -2.12. The van der Waals surface area contributed by atoms with Crippen molar-refractivity contribution in [2.24, 2.45) is 0 Å². The van der Waals surface area contributed by atoms with E-state index in [1.807, 2.05) is 32.0 Å². The van der Waals surface area contributed by atoms with Gasteiger partial charge in [-0.2, -0.15) is 12.6 Å². The number of benzene rings is 2. The van der Waals surface area contributed by atoms with Crippen LogP contribution >= 0.6 is 12.6 Å². The summed E-state index contributed by atoms with van der Waals surface area (Å²) in [4.78, 5) is 25.0. The van der Waals surface area contributed by atoms with Gasteiger partial charge in [0.2, 0.25) is 0 Å². The minimum absolute atomic E-state index is 0.0408. The van der Waals surface area contributed by atoms with Gasteiger partial charge in [0.1, 0.15) is 0 Å². The number of hydrogen-bond acceptors (Lipinski definition) is 4. The van der Waals surface area contributed by atoms with Gasteiger partial charge < -0.3 is 4.74 Å². The Bertz CT molecular complexity index is 730. The summed E-state index contributed by atoms with van der Waals surface area (Å²) in [6, 6.07) is 12.7. The van der Waals surface area contributed by atoms with Gasteiger partial charge in [-0.3, -0.25) is 4.79 Å². The Morgan fingerprint density at radius 3 is 2.12 bits per heavy atom. The van der Waals surface area contributed by atoms with Gasteiger partial charge in [0.05, 0.1) is 12.2 Å². The fraction of sp³-hybridized carbons (Fsp3) is 0.364. The fourth-order valence-corrected chi connectivity index (χ4v) is 3.20. The topological polar surface area (TPSA) is 43.4 Å². The van der Waals surface area contributed by atoms with Crippen molar-refractivity contribution in [1.29, 1.82) is 0 Å². The number of ketones is 1. The van der Waals surface area contributed by atoms with Gasteiger partial charge in [0, 0.05) is 11.1 Å². The molecule has 0 unspecified atom stereocenters. The molecule has 2 aromatic carbocycles. The summed E-state index contributed by atoms with van der Waals surface area (Å²) >= 11 is 4.18. The summed E-state index contributed by atoms with van der Waals surface area (Å²) in [6.45, 7) is 4.12. The SMILES string of the molecule is Cc1cc(C(=O)c2ccccc2)cc(C)c1C(=O)OCCCCCCS. The molecule has 0 aromatic heterocycles. The van der Waals surface area contributed by atoms with Gasteiger partial charge in [-0.1, -0.05) is 43.2 Å². The molecule has 0 bridgehead atoms. The van der Waals surface area contributed by atoms with E-state index in [0.29, 0.717) is 23.3 Å². The number of carbonyl (C=O) groups is 2. The van der Waals surface area contributed by atoms with Crippen molar-refractivity contribution in [3.05, 3.63) is 70.3 Å². The molecule has 26 heavy (non-hydrogen) atoms. The second-order valence-corrected chi connectivity index (χ2v) is 6.90. The van der Waals surface area contributed by atoms with E-state index in [9.17, 15) is 9.59 Å². The Balaban J connectivity index is 2.04. The van der Waals surface area contributed by atoms with E-state index in [2.05, 4.69) is 12.6 Å². The molecule has 0 saturated heterocycles. The van der Waals surface area contributed by atoms with Crippen molar-refractivity contribution in [1.82, 2.24) is 0 Å². The van der Waals surface area contributed by atoms with Crippen LogP contribution in [0, 0.1) is 13.8 Å². The molecule has 0 saturated carbocycles. The summed E-state index contributed by atoms with van der Waals surface area (Å²) < 4.78 is 5.41. The van der Waals surface area contributed by atoms with Gasteiger partial charge in [-0.05, 0) is 55.7 Å². The Morgan fingerprint density at radius 1 is 0.885 bits per heavy atom. The molecule has 0 amide bonds. The molecule has 3 nitrogen and oxygen atoms in total. The number of ether oxygens (including phenoxy) is 1. The van der Waals surface area contributed by atoms with Crippen molar-refractivity contribution >= 4 is 24.4 Å². The number of carbonyl (C=O) groups excluding carboxylic acids is 2. The number of unbranched alkanes of at least 4 members (excludes halogenated alkanes) is 3. The van der Waals surface area contributed by atoms with Crippen molar-refractivity contribution in [2.45, 2.75) is 39.5 Å². The highest BCUT2D eigenvalue weighted by atomic mass is 32.1. The Morgan fingerprint density at radius 2 is 1.50 bits per heavy atom. The minimum Gasteiger partial charge on any atom is -0.462 e. The lowest BCUT2D eigenvalue weighted by molar-refractivity contribution is 0.0496. The van der Waals surface area contributed by atoms with Crippen molar-refractivity contribution in [2.75, 3.05) is 12.4 Å². The monoisotopic (exact) mass is 370 g/mol. The average Bonchev–Trinajstić information content (AvgIpc) is 2.64. The molecule has 0 fully saturated rings. The molecule has 0 heterocycles. The molecule has 2 rings (SSSR count). The fourth-order valence-electron chi connectivity index (χ4n) is 2.98. The molecule has 0 N–H and O–H groups in total. The summed E-state index contributed by atoms with van der Waals surface area (Å²) in [5, 5.41) is 0. The molecule has 0 atom stereocenters. The van der Waals surface area contributed by atoms with Crippen LogP contribution in [0.3, 0.4) is 0 Å². The molecule has 2 aromatic rings. The number of esters is 1. The smallest absolute Gasteiger partial charge is 0.338 e. The second kappa shape index (κ2) is 10.2. The van der Waals surface area contributed by atoms with Crippen LogP contribution < -0.4 is 0 Å². The highest BCUT2D eigenvalue weighted by Crippen LogP contribution is 2.20. The van der Waals surface area contributed by atoms with E-state index >= 15 is 0 Å². The van der Waals surface area contributed by atoms with Crippen LogP contribution in [0.15, 0.2) is 42.5 Å². The third-order valence-electron chi connectivity index (χ3n) is 4.32. The summed E-state index contributed by atoms with van der Waals surface area (Å²) in [5.41, 5.74) is 3.33. The number of aryl methyl sites for hydroxylation is 2. The van der Waals surface area contributed by atoms with Crippen LogP contribution in [0.25, 0.3) is 0 Å².